The number of likely N-dealkylation sites (tertiary alicyclic amines) is 1. The Morgan fingerprint density at radius 1 is 1.60 bits per heavy atom. The van der Waals surface area contributed by atoms with E-state index in [2.05, 4.69) is 4.74 Å². The zero-order valence-corrected chi connectivity index (χ0v) is 8.70. The highest BCUT2D eigenvalue weighted by atomic mass is 19.1. The van der Waals surface area contributed by atoms with Crippen molar-refractivity contribution >= 4 is 11.9 Å². The maximum absolute atomic E-state index is 14.0. The molecule has 0 saturated carbocycles. The molecule has 15 heavy (non-hydrogen) atoms. The van der Waals surface area contributed by atoms with E-state index in [-0.39, 0.29) is 19.5 Å². The van der Waals surface area contributed by atoms with Crippen LogP contribution in [0.2, 0.25) is 0 Å². The lowest BCUT2D eigenvalue weighted by atomic mass is 9.87. The third kappa shape index (κ3) is 2.44. The van der Waals surface area contributed by atoms with Crippen LogP contribution >= 0.6 is 0 Å². The Bertz CT molecular complexity index is 283. The van der Waals surface area contributed by atoms with Gasteiger partial charge in [-0.2, -0.15) is 0 Å². The van der Waals surface area contributed by atoms with Gasteiger partial charge in [0.2, 0.25) is 5.67 Å². The molecule has 0 aliphatic carbocycles. The first-order chi connectivity index (χ1) is 6.89. The summed E-state index contributed by atoms with van der Waals surface area (Å²) in [4.78, 5) is 23.4. The molecule has 1 aliphatic rings. The van der Waals surface area contributed by atoms with Gasteiger partial charge in [-0.25, -0.2) is 9.18 Å². The van der Waals surface area contributed by atoms with E-state index in [0.717, 1.165) is 7.11 Å². The van der Waals surface area contributed by atoms with Crippen molar-refractivity contribution in [2.45, 2.75) is 12.1 Å². The van der Waals surface area contributed by atoms with Crippen LogP contribution in [0.3, 0.4) is 0 Å². The third-order valence-corrected chi connectivity index (χ3v) is 2.52. The molecule has 1 rings (SSSR count). The van der Waals surface area contributed by atoms with Gasteiger partial charge in [0.1, 0.15) is 0 Å². The summed E-state index contributed by atoms with van der Waals surface area (Å²) in [5.74, 6) is -2.96. The maximum Gasteiger partial charge on any atom is 0.345 e. The molecule has 1 fully saturated rings. The molecule has 0 aromatic rings. The highest BCUT2D eigenvalue weighted by Gasteiger charge is 2.48. The Hall–Kier alpha value is -1.17. The fourth-order valence-electron chi connectivity index (χ4n) is 1.88. The third-order valence-electron chi connectivity index (χ3n) is 2.52. The fourth-order valence-corrected chi connectivity index (χ4v) is 1.88. The van der Waals surface area contributed by atoms with Gasteiger partial charge in [-0.15, -0.1) is 0 Å². The Morgan fingerprint density at radius 2 is 2.20 bits per heavy atom. The van der Waals surface area contributed by atoms with Gasteiger partial charge in [-0.3, -0.25) is 4.79 Å². The number of carbonyl (C=O) groups excluding carboxylic acids is 1. The Kier molecular flexibility index (Phi) is 3.28. The van der Waals surface area contributed by atoms with Gasteiger partial charge in [0.15, 0.2) is 0 Å². The molecular formula is C9H14FNO4. The van der Waals surface area contributed by atoms with Crippen LogP contribution in [0.5, 0.6) is 0 Å². The number of ether oxygens (including phenoxy) is 1. The minimum Gasteiger partial charge on any atom is -0.481 e. The predicted octanol–water partition coefficient (Wildman–Crippen LogP) is -0.0960. The van der Waals surface area contributed by atoms with Crippen molar-refractivity contribution in [1.29, 1.82) is 0 Å². The SMILES string of the molecule is COC(=O)[C@@]1(F)C[C@@H](C(=O)O)CN(C)C1. The number of hydrogen-bond donors (Lipinski definition) is 1. The molecule has 1 heterocycles. The number of nitrogens with zero attached hydrogens (tertiary/aromatic N) is 1. The minimum atomic E-state index is -2.20. The van der Waals surface area contributed by atoms with Gasteiger partial charge < -0.3 is 14.7 Å². The number of piperidine rings is 1. The summed E-state index contributed by atoms with van der Waals surface area (Å²) in [6.45, 7) is 0.126. The molecule has 2 atom stereocenters. The average molecular weight is 219 g/mol. The Balaban J connectivity index is 2.82. The molecule has 1 saturated heterocycles. The lowest BCUT2D eigenvalue weighted by molar-refractivity contribution is -0.163. The molecule has 0 aromatic carbocycles. The summed E-state index contributed by atoms with van der Waals surface area (Å²) in [6, 6.07) is 0. The molecule has 5 nitrogen and oxygen atoms in total. The second kappa shape index (κ2) is 4.14. The topological polar surface area (TPSA) is 66.8 Å². The smallest absolute Gasteiger partial charge is 0.345 e. The molecule has 6 heteroatoms. The molecule has 1 aliphatic heterocycles. The Labute approximate surface area is 86.8 Å². The number of hydrogen-bond acceptors (Lipinski definition) is 4. The van der Waals surface area contributed by atoms with E-state index in [4.69, 9.17) is 5.11 Å². The second-order valence-corrected chi connectivity index (χ2v) is 3.89. The number of aliphatic carboxylic acids is 1. The van der Waals surface area contributed by atoms with Crippen molar-refractivity contribution < 1.29 is 23.8 Å². The number of carboxylic acids is 1. The standard InChI is InChI=1S/C9H14FNO4/c1-11-4-6(7(12)13)3-9(10,5-11)8(14)15-2/h6H,3-5H2,1-2H3,(H,12,13)/t6-,9-/m1/s1. The molecular weight excluding hydrogens is 205 g/mol. The molecule has 0 spiro atoms. The maximum atomic E-state index is 14.0. The van der Waals surface area contributed by atoms with Gasteiger partial charge in [0.25, 0.3) is 0 Å². The molecule has 0 unspecified atom stereocenters. The average Bonchev–Trinajstić information content (AvgIpc) is 2.15. The van der Waals surface area contributed by atoms with Crippen LogP contribution in [0.15, 0.2) is 0 Å². The van der Waals surface area contributed by atoms with Gasteiger partial charge >= 0.3 is 11.9 Å². The highest BCUT2D eigenvalue weighted by molar-refractivity contribution is 5.81. The first-order valence-electron chi connectivity index (χ1n) is 4.58. The first-order valence-corrected chi connectivity index (χ1v) is 4.58. The summed E-state index contributed by atoms with van der Waals surface area (Å²) in [5, 5.41) is 8.80. The van der Waals surface area contributed by atoms with Gasteiger partial charge in [-0.05, 0) is 7.05 Å². The second-order valence-electron chi connectivity index (χ2n) is 3.89. The number of rotatable bonds is 2. The van der Waals surface area contributed by atoms with Crippen molar-refractivity contribution in [1.82, 2.24) is 4.90 Å². The van der Waals surface area contributed by atoms with Crippen molar-refractivity contribution in [3.05, 3.63) is 0 Å². The van der Waals surface area contributed by atoms with E-state index in [1.165, 1.54) is 4.90 Å². The summed E-state index contributed by atoms with van der Waals surface area (Å²) in [5.41, 5.74) is -2.20. The molecule has 1 N–H and O–H groups in total. The van der Waals surface area contributed by atoms with E-state index in [0.29, 0.717) is 0 Å². The normalized spacial score (nSPS) is 32.3. The number of carbonyl (C=O) groups is 2. The van der Waals surface area contributed by atoms with Crippen LogP contribution in [0.25, 0.3) is 0 Å². The lowest BCUT2D eigenvalue weighted by Crippen LogP contribution is -2.54. The van der Waals surface area contributed by atoms with E-state index in [1.807, 2.05) is 0 Å². The number of alkyl halides is 1. The van der Waals surface area contributed by atoms with Gasteiger partial charge in [-0.1, -0.05) is 0 Å². The first kappa shape index (κ1) is 11.9. The van der Waals surface area contributed by atoms with Crippen LogP contribution in [0.4, 0.5) is 4.39 Å². The lowest BCUT2D eigenvalue weighted by Gasteiger charge is -2.36. The predicted molar refractivity (Wildman–Crippen MR) is 49.1 cm³/mol. The summed E-state index contributed by atoms with van der Waals surface area (Å²) in [7, 11) is 2.67. The van der Waals surface area contributed by atoms with Crippen LogP contribution in [0, 0.1) is 5.92 Å². The number of halogens is 1. The van der Waals surface area contributed by atoms with Gasteiger partial charge in [0, 0.05) is 19.5 Å². The molecule has 86 valence electrons. The zero-order chi connectivity index (χ0) is 11.6. The monoisotopic (exact) mass is 219 g/mol. The number of carboxylic acid groups (broad SMARTS) is 1. The van der Waals surface area contributed by atoms with E-state index in [9.17, 15) is 14.0 Å². The summed E-state index contributed by atoms with van der Waals surface area (Å²) < 4.78 is 18.4. The van der Waals surface area contributed by atoms with E-state index >= 15 is 0 Å². The number of esters is 1. The van der Waals surface area contributed by atoms with Crippen LogP contribution < -0.4 is 0 Å². The summed E-state index contributed by atoms with van der Waals surface area (Å²) >= 11 is 0. The van der Waals surface area contributed by atoms with Crippen molar-refractivity contribution in [2.75, 3.05) is 27.2 Å². The molecule has 0 bridgehead atoms. The zero-order valence-electron chi connectivity index (χ0n) is 8.70. The number of methoxy groups -OCH3 is 1. The fraction of sp³-hybridized carbons (Fsp3) is 0.778. The van der Waals surface area contributed by atoms with E-state index < -0.39 is 23.5 Å². The van der Waals surface area contributed by atoms with Crippen LogP contribution in [-0.4, -0.2) is 54.9 Å². The highest BCUT2D eigenvalue weighted by Crippen LogP contribution is 2.29. The Morgan fingerprint density at radius 3 is 2.67 bits per heavy atom. The minimum absolute atomic E-state index is 0.122. The molecule has 0 amide bonds. The van der Waals surface area contributed by atoms with Crippen LogP contribution in [0.1, 0.15) is 6.42 Å². The van der Waals surface area contributed by atoms with Crippen molar-refractivity contribution in [3.63, 3.8) is 0 Å². The molecule has 0 radical (unpaired) electrons. The van der Waals surface area contributed by atoms with Crippen molar-refractivity contribution in [3.8, 4) is 0 Å². The van der Waals surface area contributed by atoms with E-state index in [1.54, 1.807) is 7.05 Å². The van der Waals surface area contributed by atoms with Crippen molar-refractivity contribution in [2.24, 2.45) is 5.92 Å². The van der Waals surface area contributed by atoms with Crippen LogP contribution in [-0.2, 0) is 14.3 Å². The molecule has 0 aromatic heterocycles. The summed E-state index contributed by atoms with van der Waals surface area (Å²) in [6.07, 6.45) is -0.320. The van der Waals surface area contributed by atoms with Gasteiger partial charge in [0.05, 0.1) is 13.0 Å². The quantitative estimate of drug-likeness (QED) is 0.657. The largest absolute Gasteiger partial charge is 0.481 e.